The molecule has 1 unspecified atom stereocenters. The van der Waals surface area contributed by atoms with Crippen molar-refractivity contribution in [2.45, 2.75) is 42.5 Å². The number of furan rings is 1. The second kappa shape index (κ2) is 9.11. The summed E-state index contributed by atoms with van der Waals surface area (Å²) in [7, 11) is 2.14. The molecule has 4 nitrogen and oxygen atoms in total. The maximum atomic E-state index is 13.3. The summed E-state index contributed by atoms with van der Waals surface area (Å²) < 4.78 is 6.57. The number of halogens is 1. The van der Waals surface area contributed by atoms with Gasteiger partial charge in [-0.1, -0.05) is 15.9 Å². The molecule has 0 spiro atoms. The molecule has 0 N–H and O–H groups in total. The molecule has 1 saturated heterocycles. The van der Waals surface area contributed by atoms with Gasteiger partial charge in [0.05, 0.1) is 18.1 Å². The van der Waals surface area contributed by atoms with Crippen molar-refractivity contribution < 1.29 is 9.21 Å². The van der Waals surface area contributed by atoms with Crippen molar-refractivity contribution in [1.82, 2.24) is 9.80 Å². The monoisotopic (exact) mass is 436 g/mol. The topological polar surface area (TPSA) is 36.7 Å². The SMILES string of the molecule is CC(Sc1ccc(Br)cc1)C(=O)N(Cc1ccco1)C1CCN(C)CC1. The first-order valence-corrected chi connectivity index (χ1v) is 10.6. The van der Waals surface area contributed by atoms with Gasteiger partial charge in [0, 0.05) is 15.4 Å². The summed E-state index contributed by atoms with van der Waals surface area (Å²) in [5.74, 6) is 1.03. The minimum atomic E-state index is -0.134. The molecule has 0 bridgehead atoms. The van der Waals surface area contributed by atoms with Crippen LogP contribution in [0.1, 0.15) is 25.5 Å². The number of piperidine rings is 1. The Labute approximate surface area is 168 Å². The fourth-order valence-corrected chi connectivity index (χ4v) is 4.47. The molecule has 0 aliphatic carbocycles. The molecule has 1 aromatic carbocycles. The van der Waals surface area contributed by atoms with Crippen molar-refractivity contribution in [3.05, 3.63) is 52.9 Å². The summed E-state index contributed by atoms with van der Waals surface area (Å²) in [6.45, 7) is 4.60. The molecule has 140 valence electrons. The van der Waals surface area contributed by atoms with Crippen LogP contribution >= 0.6 is 27.7 Å². The highest BCUT2D eigenvalue weighted by atomic mass is 79.9. The Hall–Kier alpha value is -1.24. The molecule has 2 aromatic rings. The first-order valence-electron chi connectivity index (χ1n) is 8.96. The van der Waals surface area contributed by atoms with E-state index in [1.807, 2.05) is 48.2 Å². The molecule has 3 rings (SSSR count). The zero-order valence-electron chi connectivity index (χ0n) is 15.2. The largest absolute Gasteiger partial charge is 0.467 e. The number of nitrogens with zero attached hydrogens (tertiary/aromatic N) is 2. The molecule has 1 atom stereocenters. The molecular formula is C20H25BrN2O2S. The Morgan fingerprint density at radius 2 is 2.00 bits per heavy atom. The van der Waals surface area contributed by atoms with Crippen LogP contribution in [-0.2, 0) is 11.3 Å². The van der Waals surface area contributed by atoms with Gasteiger partial charge in [0.2, 0.25) is 5.91 Å². The Balaban J connectivity index is 1.71. The third kappa shape index (κ3) is 5.15. The van der Waals surface area contributed by atoms with Crippen LogP contribution < -0.4 is 0 Å². The smallest absolute Gasteiger partial charge is 0.236 e. The number of amides is 1. The van der Waals surface area contributed by atoms with Crippen LogP contribution in [0, 0.1) is 0 Å². The van der Waals surface area contributed by atoms with Gasteiger partial charge in [-0.3, -0.25) is 4.79 Å². The normalized spacial score (nSPS) is 17.2. The number of hydrogen-bond acceptors (Lipinski definition) is 4. The Morgan fingerprint density at radius 3 is 2.62 bits per heavy atom. The van der Waals surface area contributed by atoms with Gasteiger partial charge in [-0.15, -0.1) is 11.8 Å². The lowest BCUT2D eigenvalue weighted by molar-refractivity contribution is -0.134. The van der Waals surface area contributed by atoms with Gasteiger partial charge in [-0.25, -0.2) is 0 Å². The van der Waals surface area contributed by atoms with E-state index in [-0.39, 0.29) is 17.2 Å². The van der Waals surface area contributed by atoms with Crippen LogP contribution in [0.2, 0.25) is 0 Å². The summed E-state index contributed by atoms with van der Waals surface area (Å²) in [4.78, 5) is 18.7. The minimum Gasteiger partial charge on any atom is -0.467 e. The van der Waals surface area contributed by atoms with Gasteiger partial charge in [0.1, 0.15) is 5.76 Å². The second-order valence-corrected chi connectivity index (χ2v) is 9.12. The number of thioether (sulfide) groups is 1. The molecular weight excluding hydrogens is 412 g/mol. The predicted octanol–water partition coefficient (Wildman–Crippen LogP) is 4.65. The Morgan fingerprint density at radius 1 is 1.31 bits per heavy atom. The number of hydrogen-bond donors (Lipinski definition) is 0. The van der Waals surface area contributed by atoms with Gasteiger partial charge in [-0.2, -0.15) is 0 Å². The Bertz CT molecular complexity index is 697. The van der Waals surface area contributed by atoms with Crippen molar-refractivity contribution in [2.75, 3.05) is 20.1 Å². The molecule has 0 saturated carbocycles. The fraction of sp³-hybridized carbons (Fsp3) is 0.450. The molecule has 0 radical (unpaired) electrons. The molecule has 2 heterocycles. The van der Waals surface area contributed by atoms with Crippen LogP contribution in [0.3, 0.4) is 0 Å². The maximum absolute atomic E-state index is 13.3. The zero-order chi connectivity index (χ0) is 18.5. The van der Waals surface area contributed by atoms with E-state index in [1.54, 1.807) is 18.0 Å². The van der Waals surface area contributed by atoms with Crippen LogP contribution in [0.5, 0.6) is 0 Å². The highest BCUT2D eigenvalue weighted by Crippen LogP contribution is 2.28. The minimum absolute atomic E-state index is 0.134. The van der Waals surface area contributed by atoms with Crippen LogP contribution in [-0.4, -0.2) is 47.1 Å². The Kier molecular flexibility index (Phi) is 6.84. The van der Waals surface area contributed by atoms with Crippen LogP contribution in [0.4, 0.5) is 0 Å². The van der Waals surface area contributed by atoms with E-state index in [1.165, 1.54) is 0 Å². The zero-order valence-corrected chi connectivity index (χ0v) is 17.6. The number of benzene rings is 1. The standard InChI is InChI=1S/C20H25BrN2O2S/c1-15(26-19-7-5-16(21)6-8-19)20(24)23(14-18-4-3-13-25-18)17-9-11-22(2)12-10-17/h3-8,13,15,17H,9-12,14H2,1-2H3. The lowest BCUT2D eigenvalue weighted by Crippen LogP contribution is -2.48. The van der Waals surface area contributed by atoms with Gasteiger partial charge in [0.25, 0.3) is 0 Å². The van der Waals surface area contributed by atoms with Crippen molar-refractivity contribution >= 4 is 33.6 Å². The van der Waals surface area contributed by atoms with Gasteiger partial charge >= 0.3 is 0 Å². The summed E-state index contributed by atoms with van der Waals surface area (Å²) in [6, 6.07) is 12.2. The van der Waals surface area contributed by atoms with E-state index >= 15 is 0 Å². The molecule has 1 aliphatic rings. The van der Waals surface area contributed by atoms with E-state index in [9.17, 15) is 4.79 Å². The highest BCUT2D eigenvalue weighted by Gasteiger charge is 2.30. The fourth-order valence-electron chi connectivity index (χ4n) is 3.27. The van der Waals surface area contributed by atoms with Gasteiger partial charge in [-0.05, 0) is 76.3 Å². The van der Waals surface area contributed by atoms with E-state index in [2.05, 4.69) is 27.9 Å². The van der Waals surface area contributed by atoms with E-state index in [0.29, 0.717) is 6.54 Å². The van der Waals surface area contributed by atoms with Crippen molar-refractivity contribution in [3.63, 3.8) is 0 Å². The highest BCUT2D eigenvalue weighted by molar-refractivity contribution is 9.10. The average Bonchev–Trinajstić information content (AvgIpc) is 3.15. The molecule has 26 heavy (non-hydrogen) atoms. The maximum Gasteiger partial charge on any atom is 0.236 e. The summed E-state index contributed by atoms with van der Waals surface area (Å²) in [5, 5.41) is -0.134. The summed E-state index contributed by atoms with van der Waals surface area (Å²) in [5.41, 5.74) is 0. The average molecular weight is 437 g/mol. The van der Waals surface area contributed by atoms with E-state index < -0.39 is 0 Å². The lowest BCUT2D eigenvalue weighted by atomic mass is 10.0. The quantitative estimate of drug-likeness (QED) is 0.617. The van der Waals surface area contributed by atoms with Crippen LogP contribution in [0.25, 0.3) is 0 Å². The van der Waals surface area contributed by atoms with Crippen LogP contribution in [0.15, 0.2) is 56.4 Å². The summed E-state index contributed by atoms with van der Waals surface area (Å²) in [6.07, 6.45) is 3.70. The third-order valence-corrected chi connectivity index (χ3v) is 6.42. The van der Waals surface area contributed by atoms with Crippen molar-refractivity contribution in [1.29, 1.82) is 0 Å². The van der Waals surface area contributed by atoms with E-state index in [0.717, 1.165) is 41.1 Å². The predicted molar refractivity (Wildman–Crippen MR) is 109 cm³/mol. The first kappa shape index (κ1) is 19.5. The number of rotatable bonds is 6. The van der Waals surface area contributed by atoms with Crippen molar-refractivity contribution in [2.24, 2.45) is 0 Å². The molecule has 1 fully saturated rings. The van der Waals surface area contributed by atoms with Crippen molar-refractivity contribution in [3.8, 4) is 0 Å². The van der Waals surface area contributed by atoms with Gasteiger partial charge in [0.15, 0.2) is 0 Å². The first-order chi connectivity index (χ1) is 12.5. The second-order valence-electron chi connectivity index (χ2n) is 6.79. The number of carbonyl (C=O) groups excluding carboxylic acids is 1. The molecule has 1 amide bonds. The summed E-state index contributed by atoms with van der Waals surface area (Å²) >= 11 is 5.07. The van der Waals surface area contributed by atoms with Gasteiger partial charge < -0.3 is 14.2 Å². The lowest BCUT2D eigenvalue weighted by Gasteiger charge is -2.38. The molecule has 1 aliphatic heterocycles. The number of likely N-dealkylation sites (tertiary alicyclic amines) is 1. The van der Waals surface area contributed by atoms with E-state index in [4.69, 9.17) is 4.42 Å². The number of carbonyl (C=O) groups is 1. The molecule has 1 aromatic heterocycles. The molecule has 6 heteroatoms. The third-order valence-electron chi connectivity index (χ3n) is 4.79.